The Kier molecular flexibility index (Phi) is 6.39. The van der Waals surface area contributed by atoms with E-state index in [2.05, 4.69) is 11.9 Å². The summed E-state index contributed by atoms with van der Waals surface area (Å²) < 4.78 is 26.0. The van der Waals surface area contributed by atoms with Crippen LogP contribution in [-0.2, 0) is 16.4 Å². The Bertz CT molecular complexity index is 535. The van der Waals surface area contributed by atoms with Crippen LogP contribution in [0.4, 0.5) is 0 Å². The summed E-state index contributed by atoms with van der Waals surface area (Å²) in [6, 6.07) is 7.13. The molecule has 0 atom stereocenters. The van der Waals surface area contributed by atoms with Crippen LogP contribution in [-0.4, -0.2) is 39.9 Å². The number of hydrogen-bond donors (Lipinski definition) is 1. The molecule has 4 nitrogen and oxygen atoms in total. The van der Waals surface area contributed by atoms with Crippen molar-refractivity contribution in [3.8, 4) is 0 Å². The molecule has 0 heterocycles. The molecule has 0 aliphatic heterocycles. The molecule has 0 fully saturated rings. The lowest BCUT2D eigenvalue weighted by Crippen LogP contribution is -2.28. The minimum absolute atomic E-state index is 0.332. The largest absolute Gasteiger partial charge is 0.320 e. The number of rotatable bonds is 8. The minimum Gasteiger partial charge on any atom is -0.320 e. The summed E-state index contributed by atoms with van der Waals surface area (Å²) in [5, 5.41) is 3.10. The van der Waals surface area contributed by atoms with Gasteiger partial charge >= 0.3 is 0 Å². The van der Waals surface area contributed by atoms with Crippen LogP contribution >= 0.6 is 0 Å². The summed E-state index contributed by atoms with van der Waals surface area (Å²) >= 11 is 0. The molecule has 0 saturated heterocycles. The molecular weight excluding hydrogens is 272 g/mol. The van der Waals surface area contributed by atoms with Gasteiger partial charge in [0, 0.05) is 13.6 Å². The topological polar surface area (TPSA) is 49.4 Å². The van der Waals surface area contributed by atoms with Crippen LogP contribution in [0.3, 0.4) is 0 Å². The van der Waals surface area contributed by atoms with Crippen molar-refractivity contribution in [1.82, 2.24) is 9.62 Å². The molecule has 0 bridgehead atoms. The Labute approximate surface area is 122 Å². The van der Waals surface area contributed by atoms with Gasteiger partial charge in [0.1, 0.15) is 0 Å². The van der Waals surface area contributed by atoms with Gasteiger partial charge in [-0.25, -0.2) is 8.42 Å². The molecule has 1 N–H and O–H groups in total. The second-order valence-electron chi connectivity index (χ2n) is 5.07. The summed E-state index contributed by atoms with van der Waals surface area (Å²) in [6.45, 7) is 6.86. The van der Waals surface area contributed by atoms with Gasteiger partial charge in [0.15, 0.2) is 0 Å². The van der Waals surface area contributed by atoms with Crippen LogP contribution in [0.25, 0.3) is 0 Å². The van der Waals surface area contributed by atoms with Crippen molar-refractivity contribution in [2.24, 2.45) is 0 Å². The number of nitrogens with one attached hydrogen (secondary N) is 1. The lowest BCUT2D eigenvalue weighted by atomic mass is 10.1. The molecule has 0 amide bonds. The van der Waals surface area contributed by atoms with Crippen LogP contribution in [0.2, 0.25) is 0 Å². The van der Waals surface area contributed by atoms with E-state index < -0.39 is 10.0 Å². The number of likely N-dealkylation sites (N-methyl/N-ethyl adjacent to an activating group) is 1. The molecule has 1 aromatic carbocycles. The van der Waals surface area contributed by atoms with E-state index in [1.807, 2.05) is 26.1 Å². The Morgan fingerprint density at radius 2 is 1.90 bits per heavy atom. The van der Waals surface area contributed by atoms with Crippen LogP contribution in [0.15, 0.2) is 41.3 Å². The van der Waals surface area contributed by atoms with Crippen molar-refractivity contribution in [3.05, 3.63) is 42.0 Å². The van der Waals surface area contributed by atoms with Gasteiger partial charge in [-0.05, 0) is 51.1 Å². The Hall–Kier alpha value is -1.17. The van der Waals surface area contributed by atoms with E-state index in [1.54, 1.807) is 19.2 Å². The van der Waals surface area contributed by atoms with Gasteiger partial charge < -0.3 is 5.32 Å². The Balaban J connectivity index is 2.79. The van der Waals surface area contributed by atoms with Crippen molar-refractivity contribution in [2.75, 3.05) is 27.2 Å². The quantitative estimate of drug-likeness (QED) is 0.590. The number of benzene rings is 1. The van der Waals surface area contributed by atoms with Crippen LogP contribution in [0, 0.1) is 0 Å². The molecule has 112 valence electrons. The summed E-state index contributed by atoms with van der Waals surface area (Å²) in [5.74, 6) is 0. The maximum Gasteiger partial charge on any atom is 0.243 e. The van der Waals surface area contributed by atoms with Crippen molar-refractivity contribution < 1.29 is 8.42 Å². The standard InChI is InChI=1S/C15H24N2O2S/c1-13(2)12-17(4)20(18,19)15-9-7-14(8-10-15)6-5-11-16-3/h7-10,16H,1,5-6,11-12H2,2-4H3. The van der Waals surface area contributed by atoms with E-state index >= 15 is 0 Å². The normalized spacial score (nSPS) is 11.8. The van der Waals surface area contributed by atoms with E-state index in [-0.39, 0.29) is 0 Å². The molecule has 1 rings (SSSR count). The van der Waals surface area contributed by atoms with E-state index in [4.69, 9.17) is 0 Å². The smallest absolute Gasteiger partial charge is 0.243 e. The third-order valence-electron chi connectivity index (χ3n) is 3.02. The molecule has 0 unspecified atom stereocenters. The molecule has 5 heteroatoms. The number of sulfonamides is 1. The summed E-state index contributed by atoms with van der Waals surface area (Å²) in [4.78, 5) is 0.332. The zero-order valence-electron chi connectivity index (χ0n) is 12.5. The molecule has 0 spiro atoms. The first-order chi connectivity index (χ1) is 9.37. The molecule has 0 saturated carbocycles. The predicted molar refractivity (Wildman–Crippen MR) is 83.3 cm³/mol. The predicted octanol–water partition coefficient (Wildman–Crippen LogP) is 2.04. The average molecular weight is 296 g/mol. The van der Waals surface area contributed by atoms with Gasteiger partial charge in [-0.3, -0.25) is 0 Å². The van der Waals surface area contributed by atoms with Crippen LogP contribution in [0.5, 0.6) is 0 Å². The summed E-state index contributed by atoms with van der Waals surface area (Å²) in [7, 11) is 0.0821. The monoisotopic (exact) mass is 296 g/mol. The molecule has 0 aliphatic rings. The van der Waals surface area contributed by atoms with Gasteiger partial charge in [-0.1, -0.05) is 24.3 Å². The highest BCUT2D eigenvalue weighted by Gasteiger charge is 2.20. The zero-order chi connectivity index (χ0) is 15.2. The fourth-order valence-electron chi connectivity index (χ4n) is 1.94. The minimum atomic E-state index is -3.42. The maximum absolute atomic E-state index is 12.3. The van der Waals surface area contributed by atoms with Gasteiger partial charge in [0.2, 0.25) is 10.0 Å². The molecule has 0 aromatic heterocycles. The second kappa shape index (κ2) is 7.57. The maximum atomic E-state index is 12.3. The summed E-state index contributed by atoms with van der Waals surface area (Å²) in [6.07, 6.45) is 1.99. The number of nitrogens with zero attached hydrogens (tertiary/aromatic N) is 1. The first-order valence-electron chi connectivity index (χ1n) is 6.72. The van der Waals surface area contributed by atoms with Gasteiger partial charge in [-0.15, -0.1) is 0 Å². The lowest BCUT2D eigenvalue weighted by molar-refractivity contribution is 0.493. The van der Waals surface area contributed by atoms with Crippen molar-refractivity contribution in [3.63, 3.8) is 0 Å². The molecule has 0 radical (unpaired) electrons. The molecule has 1 aromatic rings. The summed E-state index contributed by atoms with van der Waals surface area (Å²) in [5.41, 5.74) is 1.97. The number of aryl methyl sites for hydroxylation is 1. The Morgan fingerprint density at radius 3 is 2.40 bits per heavy atom. The van der Waals surface area contributed by atoms with Crippen molar-refractivity contribution in [1.29, 1.82) is 0 Å². The van der Waals surface area contributed by atoms with Crippen molar-refractivity contribution in [2.45, 2.75) is 24.7 Å². The highest BCUT2D eigenvalue weighted by atomic mass is 32.2. The third kappa shape index (κ3) is 4.74. The van der Waals surface area contributed by atoms with Gasteiger partial charge in [0.05, 0.1) is 4.90 Å². The van der Waals surface area contributed by atoms with E-state index in [1.165, 1.54) is 4.31 Å². The highest BCUT2D eigenvalue weighted by molar-refractivity contribution is 7.89. The SMILES string of the molecule is C=C(C)CN(C)S(=O)(=O)c1ccc(CCCNC)cc1. The van der Waals surface area contributed by atoms with Crippen molar-refractivity contribution >= 4 is 10.0 Å². The zero-order valence-corrected chi connectivity index (χ0v) is 13.3. The lowest BCUT2D eigenvalue weighted by Gasteiger charge is -2.17. The Morgan fingerprint density at radius 1 is 1.30 bits per heavy atom. The first-order valence-corrected chi connectivity index (χ1v) is 8.16. The third-order valence-corrected chi connectivity index (χ3v) is 4.83. The van der Waals surface area contributed by atoms with Crippen LogP contribution in [0.1, 0.15) is 18.9 Å². The van der Waals surface area contributed by atoms with Gasteiger partial charge in [0.25, 0.3) is 0 Å². The average Bonchev–Trinajstić information content (AvgIpc) is 2.39. The van der Waals surface area contributed by atoms with E-state index in [0.717, 1.165) is 30.5 Å². The highest BCUT2D eigenvalue weighted by Crippen LogP contribution is 2.16. The first kappa shape index (κ1) is 16.9. The van der Waals surface area contributed by atoms with E-state index in [9.17, 15) is 8.42 Å². The fourth-order valence-corrected chi connectivity index (χ4v) is 3.17. The molecule has 20 heavy (non-hydrogen) atoms. The van der Waals surface area contributed by atoms with E-state index in [0.29, 0.717) is 11.4 Å². The fraction of sp³-hybridized carbons (Fsp3) is 0.467. The second-order valence-corrected chi connectivity index (χ2v) is 7.11. The molecule has 0 aliphatic carbocycles. The number of hydrogen-bond acceptors (Lipinski definition) is 3. The van der Waals surface area contributed by atoms with Gasteiger partial charge in [-0.2, -0.15) is 4.31 Å². The van der Waals surface area contributed by atoms with Crippen LogP contribution < -0.4 is 5.32 Å². The molecular formula is C15H24N2O2S.